The van der Waals surface area contributed by atoms with Gasteiger partial charge >= 0.3 is 0 Å². The Morgan fingerprint density at radius 2 is 2.00 bits per heavy atom. The van der Waals surface area contributed by atoms with Crippen molar-refractivity contribution in [2.24, 2.45) is 12.8 Å². The molecule has 3 nitrogen and oxygen atoms in total. The fourth-order valence-corrected chi connectivity index (χ4v) is 3.88. The van der Waals surface area contributed by atoms with E-state index in [1.165, 1.54) is 42.3 Å². The molecule has 1 unspecified atom stereocenters. The third-order valence-electron chi connectivity index (χ3n) is 4.25. The fraction of sp³-hybridized carbons (Fsp3) is 0.562. The molecular formula is C16H23N3S. The van der Waals surface area contributed by atoms with E-state index in [1.54, 1.807) is 11.8 Å². The number of nitrogens with zero attached hydrogens (tertiary/aromatic N) is 2. The van der Waals surface area contributed by atoms with Crippen molar-refractivity contribution in [3.8, 4) is 0 Å². The third kappa shape index (κ3) is 2.59. The zero-order valence-corrected chi connectivity index (χ0v) is 13.2. The predicted octanol–water partition coefficient (Wildman–Crippen LogP) is 3.28. The van der Waals surface area contributed by atoms with Gasteiger partial charge in [-0.3, -0.25) is 0 Å². The molecule has 0 fully saturated rings. The Bertz CT molecular complexity index is 618. The van der Waals surface area contributed by atoms with E-state index in [1.807, 2.05) is 0 Å². The first kappa shape index (κ1) is 14.0. The molecule has 1 aliphatic carbocycles. The molecule has 1 heterocycles. The van der Waals surface area contributed by atoms with Crippen LogP contribution in [0, 0.1) is 0 Å². The Labute approximate surface area is 124 Å². The first-order valence-corrected chi connectivity index (χ1v) is 8.54. The number of rotatable bonds is 4. The van der Waals surface area contributed by atoms with Crippen LogP contribution in [0.25, 0.3) is 11.0 Å². The number of nitrogens with two attached hydrogens (primary N) is 1. The molecule has 3 rings (SSSR count). The summed E-state index contributed by atoms with van der Waals surface area (Å²) in [6.07, 6.45) is 6.09. The van der Waals surface area contributed by atoms with Crippen molar-refractivity contribution in [3.63, 3.8) is 0 Å². The molecule has 1 aliphatic rings. The lowest BCUT2D eigenvalue weighted by molar-refractivity contribution is 0.686. The van der Waals surface area contributed by atoms with E-state index in [9.17, 15) is 0 Å². The maximum atomic E-state index is 6.01. The van der Waals surface area contributed by atoms with Crippen LogP contribution in [0.5, 0.6) is 0 Å². The van der Waals surface area contributed by atoms with E-state index in [-0.39, 0.29) is 6.04 Å². The van der Waals surface area contributed by atoms with Gasteiger partial charge in [0.2, 0.25) is 0 Å². The lowest BCUT2D eigenvalue weighted by Gasteiger charge is -2.15. The maximum Gasteiger partial charge on any atom is 0.168 e. The topological polar surface area (TPSA) is 43.8 Å². The smallest absolute Gasteiger partial charge is 0.168 e. The number of benzene rings is 1. The monoisotopic (exact) mass is 289 g/mol. The third-order valence-corrected chi connectivity index (χ3v) is 5.47. The molecule has 1 atom stereocenters. The minimum atomic E-state index is 0.257. The van der Waals surface area contributed by atoms with Gasteiger partial charge in [-0.1, -0.05) is 18.7 Å². The first-order valence-electron chi connectivity index (χ1n) is 7.55. The number of fused-ring (bicyclic) bond motifs is 2. The van der Waals surface area contributed by atoms with Crippen molar-refractivity contribution < 1.29 is 0 Å². The van der Waals surface area contributed by atoms with Gasteiger partial charge in [0.15, 0.2) is 5.16 Å². The molecule has 1 aromatic heterocycles. The number of aryl methyl sites for hydroxylation is 3. The normalized spacial score (nSPS) is 16.4. The number of thioether (sulfide) groups is 1. The zero-order valence-electron chi connectivity index (χ0n) is 12.4. The first-order chi connectivity index (χ1) is 9.69. The van der Waals surface area contributed by atoms with E-state index < -0.39 is 0 Å². The zero-order chi connectivity index (χ0) is 14.1. The van der Waals surface area contributed by atoms with Gasteiger partial charge in [0.1, 0.15) is 0 Å². The highest BCUT2D eigenvalue weighted by molar-refractivity contribution is 7.99. The lowest BCUT2D eigenvalue weighted by atomic mass is 9.91. The average molecular weight is 289 g/mol. The van der Waals surface area contributed by atoms with Crippen LogP contribution in [-0.2, 0) is 19.9 Å². The van der Waals surface area contributed by atoms with Crippen molar-refractivity contribution in [2.75, 3.05) is 5.75 Å². The highest BCUT2D eigenvalue weighted by Gasteiger charge is 2.15. The SMILES string of the molecule is CCC(N)CSc1nc2cc3c(cc2n1C)CCCC3. The van der Waals surface area contributed by atoms with E-state index in [2.05, 4.69) is 30.7 Å². The molecular weight excluding hydrogens is 266 g/mol. The molecule has 0 aliphatic heterocycles. The van der Waals surface area contributed by atoms with Gasteiger partial charge < -0.3 is 10.3 Å². The Balaban J connectivity index is 1.93. The molecule has 0 radical (unpaired) electrons. The maximum absolute atomic E-state index is 6.01. The second kappa shape index (κ2) is 5.78. The molecule has 0 saturated heterocycles. The predicted molar refractivity (Wildman–Crippen MR) is 86.3 cm³/mol. The van der Waals surface area contributed by atoms with Crippen LogP contribution < -0.4 is 5.73 Å². The van der Waals surface area contributed by atoms with E-state index in [4.69, 9.17) is 10.7 Å². The Morgan fingerprint density at radius 1 is 1.30 bits per heavy atom. The minimum Gasteiger partial charge on any atom is -0.327 e. The summed E-state index contributed by atoms with van der Waals surface area (Å²) in [7, 11) is 2.12. The molecule has 4 heteroatoms. The van der Waals surface area contributed by atoms with Gasteiger partial charge in [0.05, 0.1) is 11.0 Å². The second-order valence-corrected chi connectivity index (χ2v) is 6.74. The summed E-state index contributed by atoms with van der Waals surface area (Å²) in [5.41, 5.74) is 11.4. The number of hydrogen-bond acceptors (Lipinski definition) is 3. The van der Waals surface area contributed by atoms with Crippen molar-refractivity contribution >= 4 is 22.8 Å². The van der Waals surface area contributed by atoms with Crippen LogP contribution in [0.1, 0.15) is 37.3 Å². The van der Waals surface area contributed by atoms with Crippen LogP contribution in [0.2, 0.25) is 0 Å². The summed E-state index contributed by atoms with van der Waals surface area (Å²) in [6.45, 7) is 2.13. The molecule has 0 saturated carbocycles. The summed E-state index contributed by atoms with van der Waals surface area (Å²) >= 11 is 1.77. The Morgan fingerprint density at radius 3 is 2.70 bits per heavy atom. The quantitative estimate of drug-likeness (QED) is 0.878. The summed E-state index contributed by atoms with van der Waals surface area (Å²) in [5.74, 6) is 0.938. The Kier molecular flexibility index (Phi) is 4.03. The molecule has 20 heavy (non-hydrogen) atoms. The fourth-order valence-electron chi connectivity index (χ4n) is 2.83. The number of imidazole rings is 1. The molecule has 2 aromatic rings. The van der Waals surface area contributed by atoms with Gasteiger partial charge in [-0.25, -0.2) is 4.98 Å². The largest absolute Gasteiger partial charge is 0.327 e. The van der Waals surface area contributed by atoms with Crippen LogP contribution in [0.15, 0.2) is 17.3 Å². The van der Waals surface area contributed by atoms with Crippen LogP contribution in [0.4, 0.5) is 0 Å². The summed E-state index contributed by atoms with van der Waals surface area (Å²) in [5, 5.41) is 1.09. The standard InChI is InChI=1S/C16H23N3S/c1-3-13(17)10-20-16-18-14-8-11-6-4-5-7-12(11)9-15(14)19(16)2/h8-9,13H,3-7,10,17H2,1-2H3. The molecule has 1 aromatic carbocycles. The van der Waals surface area contributed by atoms with Gasteiger partial charge in [0.25, 0.3) is 0 Å². The number of aromatic nitrogens is 2. The van der Waals surface area contributed by atoms with Crippen LogP contribution >= 0.6 is 11.8 Å². The van der Waals surface area contributed by atoms with Gasteiger partial charge in [-0.05, 0) is 55.4 Å². The molecule has 2 N–H and O–H groups in total. The molecule has 0 spiro atoms. The van der Waals surface area contributed by atoms with Crippen molar-refractivity contribution in [1.29, 1.82) is 0 Å². The van der Waals surface area contributed by atoms with Crippen molar-refractivity contribution in [3.05, 3.63) is 23.3 Å². The second-order valence-electron chi connectivity index (χ2n) is 5.75. The minimum absolute atomic E-state index is 0.257. The van der Waals surface area contributed by atoms with Crippen molar-refractivity contribution in [1.82, 2.24) is 9.55 Å². The van der Waals surface area contributed by atoms with Crippen LogP contribution in [-0.4, -0.2) is 21.3 Å². The van der Waals surface area contributed by atoms with Gasteiger partial charge in [0, 0.05) is 18.8 Å². The summed E-state index contributed by atoms with van der Waals surface area (Å²) in [6, 6.07) is 4.90. The molecule has 0 bridgehead atoms. The van der Waals surface area contributed by atoms with E-state index in [0.717, 1.165) is 22.8 Å². The Hall–Kier alpha value is -1.00. The van der Waals surface area contributed by atoms with Crippen LogP contribution in [0.3, 0.4) is 0 Å². The van der Waals surface area contributed by atoms with E-state index >= 15 is 0 Å². The molecule has 0 amide bonds. The highest BCUT2D eigenvalue weighted by Crippen LogP contribution is 2.29. The summed E-state index contributed by atoms with van der Waals surface area (Å²) < 4.78 is 2.22. The highest BCUT2D eigenvalue weighted by atomic mass is 32.2. The number of hydrogen-bond donors (Lipinski definition) is 1. The lowest BCUT2D eigenvalue weighted by Crippen LogP contribution is -2.21. The summed E-state index contributed by atoms with van der Waals surface area (Å²) in [4.78, 5) is 4.80. The van der Waals surface area contributed by atoms with Gasteiger partial charge in [-0.2, -0.15) is 0 Å². The van der Waals surface area contributed by atoms with Gasteiger partial charge in [-0.15, -0.1) is 0 Å². The van der Waals surface area contributed by atoms with E-state index in [0.29, 0.717) is 0 Å². The molecule has 108 valence electrons. The average Bonchev–Trinajstić information content (AvgIpc) is 2.78. The van der Waals surface area contributed by atoms with Crippen molar-refractivity contribution in [2.45, 2.75) is 50.2 Å².